The maximum Gasteiger partial charge on any atom is 0.234 e. The molecule has 23 heavy (non-hydrogen) atoms. The molecule has 2 heterocycles. The van der Waals surface area contributed by atoms with Crippen molar-refractivity contribution in [2.24, 2.45) is 0 Å². The molecule has 0 spiro atoms. The third-order valence-electron chi connectivity index (χ3n) is 2.87. The van der Waals surface area contributed by atoms with Gasteiger partial charge in [0, 0.05) is 10.7 Å². The van der Waals surface area contributed by atoms with Crippen LogP contribution in [0.2, 0.25) is 5.02 Å². The molecule has 3 aromatic rings. The Morgan fingerprint density at radius 3 is 2.78 bits per heavy atom. The van der Waals surface area contributed by atoms with Crippen molar-refractivity contribution in [2.45, 2.75) is 5.03 Å². The molecule has 116 valence electrons. The fourth-order valence-corrected chi connectivity index (χ4v) is 3.35. The van der Waals surface area contributed by atoms with Gasteiger partial charge in [-0.15, -0.1) is 21.5 Å². The summed E-state index contributed by atoms with van der Waals surface area (Å²) in [7, 11) is 0. The minimum Gasteiger partial charge on any atom is -0.325 e. The number of thiophene rings is 1. The van der Waals surface area contributed by atoms with Crippen LogP contribution >= 0.6 is 34.7 Å². The molecular weight excluding hydrogens is 350 g/mol. The molecule has 0 bridgehead atoms. The highest BCUT2D eigenvalue weighted by atomic mass is 35.5. The number of anilines is 1. The van der Waals surface area contributed by atoms with Gasteiger partial charge >= 0.3 is 0 Å². The lowest BCUT2D eigenvalue weighted by Gasteiger charge is -2.05. The minimum atomic E-state index is -0.110. The summed E-state index contributed by atoms with van der Waals surface area (Å²) in [5.41, 5.74) is 1.52. The first-order chi connectivity index (χ1) is 11.2. The van der Waals surface area contributed by atoms with Crippen LogP contribution in [0.5, 0.6) is 0 Å². The Bertz CT molecular complexity index is 791. The van der Waals surface area contributed by atoms with Gasteiger partial charge in [-0.3, -0.25) is 4.79 Å². The molecule has 1 N–H and O–H groups in total. The summed E-state index contributed by atoms with van der Waals surface area (Å²) < 4.78 is 0. The van der Waals surface area contributed by atoms with Gasteiger partial charge < -0.3 is 5.32 Å². The lowest BCUT2D eigenvalue weighted by Crippen LogP contribution is -2.14. The second-order valence-electron chi connectivity index (χ2n) is 4.58. The van der Waals surface area contributed by atoms with Crippen molar-refractivity contribution in [3.63, 3.8) is 0 Å². The number of aromatic nitrogens is 2. The number of halogens is 1. The number of hydrogen-bond donors (Lipinski definition) is 1. The third kappa shape index (κ3) is 4.54. The Morgan fingerprint density at radius 2 is 2.09 bits per heavy atom. The summed E-state index contributed by atoms with van der Waals surface area (Å²) in [6.07, 6.45) is 0. The molecular formula is C16H12ClN3OS2. The van der Waals surface area contributed by atoms with E-state index in [2.05, 4.69) is 15.5 Å². The van der Waals surface area contributed by atoms with E-state index in [1.165, 1.54) is 11.8 Å². The van der Waals surface area contributed by atoms with Crippen LogP contribution in [-0.4, -0.2) is 21.9 Å². The van der Waals surface area contributed by atoms with E-state index in [4.69, 9.17) is 11.6 Å². The van der Waals surface area contributed by atoms with E-state index < -0.39 is 0 Å². The van der Waals surface area contributed by atoms with E-state index in [0.717, 1.165) is 10.6 Å². The zero-order valence-electron chi connectivity index (χ0n) is 11.9. The maximum atomic E-state index is 11.9. The Morgan fingerprint density at radius 1 is 1.17 bits per heavy atom. The highest BCUT2D eigenvalue weighted by Gasteiger charge is 2.06. The summed E-state index contributed by atoms with van der Waals surface area (Å²) >= 11 is 8.85. The van der Waals surface area contributed by atoms with Crippen molar-refractivity contribution in [3.8, 4) is 10.6 Å². The normalized spacial score (nSPS) is 10.5. The SMILES string of the molecule is O=C(CSc1ccc(-c2cccs2)nn1)Nc1cccc(Cl)c1. The standard InChI is InChI=1S/C16H12ClN3OS2/c17-11-3-1-4-12(9-11)18-15(21)10-23-16-7-6-13(19-20-16)14-5-2-8-22-14/h1-9H,10H2,(H,18,21). The molecule has 0 saturated heterocycles. The van der Waals surface area contributed by atoms with Crippen LogP contribution in [0.25, 0.3) is 10.6 Å². The van der Waals surface area contributed by atoms with Gasteiger partial charge in [-0.2, -0.15) is 0 Å². The monoisotopic (exact) mass is 361 g/mol. The highest BCUT2D eigenvalue weighted by Crippen LogP contribution is 2.23. The number of carbonyl (C=O) groups is 1. The molecule has 0 aliphatic carbocycles. The number of rotatable bonds is 5. The van der Waals surface area contributed by atoms with Crippen molar-refractivity contribution in [2.75, 3.05) is 11.1 Å². The first kappa shape index (κ1) is 16.0. The summed E-state index contributed by atoms with van der Waals surface area (Å²) in [5, 5.41) is 14.4. The average molecular weight is 362 g/mol. The zero-order chi connectivity index (χ0) is 16.1. The van der Waals surface area contributed by atoms with E-state index in [1.54, 1.807) is 35.6 Å². The van der Waals surface area contributed by atoms with Crippen LogP contribution < -0.4 is 5.32 Å². The number of benzene rings is 1. The van der Waals surface area contributed by atoms with Crippen LogP contribution in [0.1, 0.15) is 0 Å². The minimum absolute atomic E-state index is 0.110. The van der Waals surface area contributed by atoms with Crippen LogP contribution in [0, 0.1) is 0 Å². The molecule has 1 amide bonds. The Kier molecular flexibility index (Phi) is 5.27. The molecule has 0 aliphatic heterocycles. The predicted octanol–water partition coefficient (Wildman–Crippen LogP) is 4.59. The number of amides is 1. The molecule has 4 nitrogen and oxygen atoms in total. The van der Waals surface area contributed by atoms with Crippen molar-refractivity contribution < 1.29 is 4.79 Å². The van der Waals surface area contributed by atoms with Gasteiger partial charge in [-0.1, -0.05) is 35.5 Å². The van der Waals surface area contributed by atoms with Gasteiger partial charge in [0.05, 0.1) is 10.6 Å². The molecule has 1 aromatic carbocycles. The first-order valence-corrected chi connectivity index (χ1v) is 9.01. The second kappa shape index (κ2) is 7.59. The smallest absolute Gasteiger partial charge is 0.234 e. The molecule has 0 atom stereocenters. The molecule has 0 aliphatic rings. The first-order valence-electron chi connectivity index (χ1n) is 6.76. The van der Waals surface area contributed by atoms with Crippen molar-refractivity contribution in [3.05, 3.63) is 58.9 Å². The quantitative estimate of drug-likeness (QED) is 0.675. The second-order valence-corrected chi connectivity index (χ2v) is 6.96. The largest absolute Gasteiger partial charge is 0.325 e. The Labute approximate surface area is 146 Å². The average Bonchev–Trinajstić information content (AvgIpc) is 3.08. The fourth-order valence-electron chi connectivity index (χ4n) is 1.86. The summed E-state index contributed by atoms with van der Waals surface area (Å²) in [6, 6.07) is 14.8. The summed E-state index contributed by atoms with van der Waals surface area (Å²) in [4.78, 5) is 13.0. The van der Waals surface area contributed by atoms with E-state index in [0.29, 0.717) is 15.7 Å². The lowest BCUT2D eigenvalue weighted by molar-refractivity contribution is -0.113. The molecule has 2 aromatic heterocycles. The van der Waals surface area contributed by atoms with Crippen molar-refractivity contribution >= 4 is 46.3 Å². The van der Waals surface area contributed by atoms with Crippen molar-refractivity contribution in [1.29, 1.82) is 0 Å². The van der Waals surface area contributed by atoms with Gasteiger partial charge in [0.15, 0.2) is 0 Å². The number of thioether (sulfide) groups is 1. The van der Waals surface area contributed by atoms with E-state index >= 15 is 0 Å². The molecule has 0 saturated carbocycles. The maximum absolute atomic E-state index is 11.9. The van der Waals surface area contributed by atoms with Gasteiger partial charge in [0.2, 0.25) is 5.91 Å². The number of nitrogens with zero attached hydrogens (tertiary/aromatic N) is 2. The van der Waals surface area contributed by atoms with Crippen LogP contribution in [0.15, 0.2) is 58.9 Å². The topological polar surface area (TPSA) is 54.9 Å². The van der Waals surface area contributed by atoms with Crippen molar-refractivity contribution in [1.82, 2.24) is 10.2 Å². The molecule has 0 unspecified atom stereocenters. The molecule has 3 rings (SSSR count). The predicted molar refractivity (Wildman–Crippen MR) is 96.2 cm³/mol. The van der Waals surface area contributed by atoms with Crippen LogP contribution in [0.3, 0.4) is 0 Å². The molecule has 7 heteroatoms. The van der Waals surface area contributed by atoms with E-state index in [9.17, 15) is 4.79 Å². The zero-order valence-corrected chi connectivity index (χ0v) is 14.3. The number of carbonyl (C=O) groups excluding carboxylic acids is 1. The van der Waals surface area contributed by atoms with Gasteiger partial charge in [-0.05, 0) is 41.8 Å². The van der Waals surface area contributed by atoms with Crippen LogP contribution in [-0.2, 0) is 4.79 Å². The fraction of sp³-hybridized carbons (Fsp3) is 0.0625. The van der Waals surface area contributed by atoms with Crippen LogP contribution in [0.4, 0.5) is 5.69 Å². The van der Waals surface area contributed by atoms with Gasteiger partial charge in [0.1, 0.15) is 10.7 Å². The van der Waals surface area contributed by atoms with E-state index in [-0.39, 0.29) is 11.7 Å². The number of nitrogens with one attached hydrogen (secondary N) is 1. The number of hydrogen-bond acceptors (Lipinski definition) is 5. The molecule has 0 fully saturated rings. The Hall–Kier alpha value is -1.89. The third-order valence-corrected chi connectivity index (χ3v) is 4.92. The Balaban J connectivity index is 1.54. The van der Waals surface area contributed by atoms with E-state index in [1.807, 2.05) is 29.6 Å². The van der Waals surface area contributed by atoms with Gasteiger partial charge in [-0.25, -0.2) is 0 Å². The summed E-state index contributed by atoms with van der Waals surface area (Å²) in [5.74, 6) is 0.154. The molecule has 0 radical (unpaired) electrons. The highest BCUT2D eigenvalue weighted by molar-refractivity contribution is 7.99. The lowest BCUT2D eigenvalue weighted by atomic mass is 10.3. The van der Waals surface area contributed by atoms with Gasteiger partial charge in [0.25, 0.3) is 0 Å². The summed E-state index contributed by atoms with van der Waals surface area (Å²) in [6.45, 7) is 0.